The quantitative estimate of drug-likeness (QED) is 0.232. The van der Waals surface area contributed by atoms with Gasteiger partial charge in [0.25, 0.3) is 0 Å². The molecule has 0 radical (unpaired) electrons. The van der Waals surface area contributed by atoms with Crippen LogP contribution in [-0.2, 0) is 9.47 Å². The highest BCUT2D eigenvalue weighted by molar-refractivity contribution is 14.0. The van der Waals surface area contributed by atoms with Crippen LogP contribution in [0.2, 0.25) is 5.02 Å². The summed E-state index contributed by atoms with van der Waals surface area (Å²) in [5.74, 6) is 0.801. The highest BCUT2D eigenvalue weighted by Crippen LogP contribution is 2.19. The number of nitrogens with zero attached hydrogens (tertiary/aromatic N) is 2. The van der Waals surface area contributed by atoms with E-state index in [1.54, 1.807) is 7.05 Å². The Balaban J connectivity index is 0.00000364. The number of benzene rings is 1. The van der Waals surface area contributed by atoms with Crippen molar-refractivity contribution in [2.75, 3.05) is 54.1 Å². The lowest BCUT2D eigenvalue weighted by Gasteiger charge is -2.26. The summed E-state index contributed by atoms with van der Waals surface area (Å²) in [5, 5.41) is 7.49. The SMILES string of the molecule is CN=C(NCCCOC1CCOC1)NCC(c1ccc(Cl)cc1)N(C)C.I. The Kier molecular flexibility index (Phi) is 12.3. The number of guanidine groups is 1. The van der Waals surface area contributed by atoms with Crippen LogP contribution in [-0.4, -0.2) is 71.0 Å². The van der Waals surface area contributed by atoms with E-state index < -0.39 is 0 Å². The number of halogens is 2. The van der Waals surface area contributed by atoms with E-state index in [2.05, 4.69) is 46.8 Å². The van der Waals surface area contributed by atoms with Crippen molar-refractivity contribution < 1.29 is 9.47 Å². The standard InChI is InChI=1S/C19H31ClN4O2.HI/c1-21-19(22-10-4-11-26-17-9-12-25-14-17)23-13-18(24(2)3)15-5-7-16(20)8-6-15;/h5-8,17-18H,4,9-14H2,1-3H3,(H2,21,22,23);1H. The normalized spacial score (nSPS) is 18.3. The minimum absolute atomic E-state index is 0. The summed E-state index contributed by atoms with van der Waals surface area (Å²) in [4.78, 5) is 6.48. The molecule has 1 saturated heterocycles. The molecule has 1 heterocycles. The van der Waals surface area contributed by atoms with E-state index in [0.717, 1.165) is 56.7 Å². The second-order valence-corrected chi connectivity index (χ2v) is 7.06. The molecule has 2 rings (SSSR count). The fourth-order valence-electron chi connectivity index (χ4n) is 2.87. The zero-order chi connectivity index (χ0) is 18.8. The third kappa shape index (κ3) is 8.95. The molecular formula is C19H32ClIN4O2. The second kappa shape index (κ2) is 13.5. The Bertz CT molecular complexity index is 551. The van der Waals surface area contributed by atoms with Gasteiger partial charge in [-0.1, -0.05) is 23.7 Å². The van der Waals surface area contributed by atoms with Crippen molar-refractivity contribution in [3.05, 3.63) is 34.9 Å². The molecular weight excluding hydrogens is 479 g/mol. The van der Waals surface area contributed by atoms with Crippen molar-refractivity contribution in [1.29, 1.82) is 0 Å². The molecule has 1 aromatic carbocycles. The van der Waals surface area contributed by atoms with Gasteiger partial charge in [-0.2, -0.15) is 0 Å². The first-order valence-corrected chi connectivity index (χ1v) is 9.53. The van der Waals surface area contributed by atoms with Gasteiger partial charge in [0.2, 0.25) is 0 Å². The fourth-order valence-corrected chi connectivity index (χ4v) is 3.00. The maximum atomic E-state index is 5.99. The predicted molar refractivity (Wildman–Crippen MR) is 122 cm³/mol. The first-order valence-electron chi connectivity index (χ1n) is 9.16. The number of hydrogen-bond donors (Lipinski definition) is 2. The van der Waals surface area contributed by atoms with Crippen LogP contribution in [0.3, 0.4) is 0 Å². The van der Waals surface area contributed by atoms with Crippen LogP contribution in [0, 0.1) is 0 Å². The molecule has 6 nitrogen and oxygen atoms in total. The molecule has 0 bridgehead atoms. The van der Waals surface area contributed by atoms with Gasteiger partial charge in [0, 0.05) is 38.4 Å². The van der Waals surface area contributed by atoms with Crippen molar-refractivity contribution in [2.24, 2.45) is 4.99 Å². The third-order valence-corrected chi connectivity index (χ3v) is 4.67. The summed E-state index contributed by atoms with van der Waals surface area (Å²) < 4.78 is 11.1. The average Bonchev–Trinajstić information content (AvgIpc) is 3.14. The van der Waals surface area contributed by atoms with E-state index in [1.807, 2.05) is 12.1 Å². The summed E-state index contributed by atoms with van der Waals surface area (Å²) in [6, 6.07) is 8.21. The van der Waals surface area contributed by atoms with Gasteiger partial charge < -0.3 is 25.0 Å². The van der Waals surface area contributed by atoms with Crippen molar-refractivity contribution in [2.45, 2.75) is 25.0 Å². The number of aliphatic imine (C=N–C) groups is 1. The Labute approximate surface area is 185 Å². The molecule has 154 valence electrons. The molecule has 1 aliphatic rings. The number of rotatable bonds is 9. The first-order chi connectivity index (χ1) is 12.6. The molecule has 2 atom stereocenters. The lowest BCUT2D eigenvalue weighted by molar-refractivity contribution is 0.0420. The van der Waals surface area contributed by atoms with E-state index in [-0.39, 0.29) is 36.1 Å². The molecule has 27 heavy (non-hydrogen) atoms. The topological polar surface area (TPSA) is 58.1 Å². The largest absolute Gasteiger partial charge is 0.379 e. The Morgan fingerprint density at radius 1 is 1.33 bits per heavy atom. The summed E-state index contributed by atoms with van der Waals surface area (Å²) >= 11 is 5.99. The Hall–Kier alpha value is -0.610. The van der Waals surface area contributed by atoms with Gasteiger partial charge in [-0.3, -0.25) is 4.99 Å². The van der Waals surface area contributed by atoms with Gasteiger partial charge in [-0.25, -0.2) is 0 Å². The second-order valence-electron chi connectivity index (χ2n) is 6.62. The van der Waals surface area contributed by atoms with E-state index in [1.165, 1.54) is 5.56 Å². The number of hydrogen-bond acceptors (Lipinski definition) is 4. The average molecular weight is 511 g/mol. The first kappa shape index (κ1) is 24.4. The van der Waals surface area contributed by atoms with Gasteiger partial charge in [0.15, 0.2) is 5.96 Å². The van der Waals surface area contributed by atoms with Gasteiger partial charge in [-0.05, 0) is 44.6 Å². The minimum Gasteiger partial charge on any atom is -0.379 e. The highest BCUT2D eigenvalue weighted by atomic mass is 127. The lowest BCUT2D eigenvalue weighted by Crippen LogP contribution is -2.42. The Morgan fingerprint density at radius 2 is 2.07 bits per heavy atom. The zero-order valence-electron chi connectivity index (χ0n) is 16.4. The molecule has 0 aromatic heterocycles. The molecule has 1 aromatic rings. The van der Waals surface area contributed by atoms with E-state index >= 15 is 0 Å². The maximum Gasteiger partial charge on any atom is 0.191 e. The van der Waals surface area contributed by atoms with E-state index in [4.69, 9.17) is 21.1 Å². The smallest absolute Gasteiger partial charge is 0.191 e. The van der Waals surface area contributed by atoms with Crippen molar-refractivity contribution in [3.63, 3.8) is 0 Å². The molecule has 0 amide bonds. The predicted octanol–water partition coefficient (Wildman–Crippen LogP) is 2.92. The lowest BCUT2D eigenvalue weighted by atomic mass is 10.1. The molecule has 0 aliphatic carbocycles. The monoisotopic (exact) mass is 510 g/mol. The van der Waals surface area contributed by atoms with Crippen LogP contribution in [0.15, 0.2) is 29.3 Å². The van der Waals surface area contributed by atoms with E-state index in [9.17, 15) is 0 Å². The van der Waals surface area contributed by atoms with Crippen molar-refractivity contribution in [3.8, 4) is 0 Å². The maximum absolute atomic E-state index is 5.99. The van der Waals surface area contributed by atoms with Gasteiger partial charge in [-0.15, -0.1) is 24.0 Å². The van der Waals surface area contributed by atoms with Crippen LogP contribution in [0.1, 0.15) is 24.4 Å². The van der Waals surface area contributed by atoms with Gasteiger partial charge >= 0.3 is 0 Å². The fraction of sp³-hybridized carbons (Fsp3) is 0.632. The molecule has 1 aliphatic heterocycles. The number of nitrogens with one attached hydrogen (secondary N) is 2. The zero-order valence-corrected chi connectivity index (χ0v) is 19.5. The minimum atomic E-state index is 0. The van der Waals surface area contributed by atoms with Crippen molar-refractivity contribution >= 4 is 41.5 Å². The molecule has 1 fully saturated rings. The third-order valence-electron chi connectivity index (χ3n) is 4.42. The van der Waals surface area contributed by atoms with Crippen LogP contribution in [0.4, 0.5) is 0 Å². The van der Waals surface area contributed by atoms with Crippen LogP contribution in [0.5, 0.6) is 0 Å². The number of ether oxygens (including phenoxy) is 2. The van der Waals surface area contributed by atoms with Gasteiger partial charge in [0.05, 0.1) is 18.8 Å². The summed E-state index contributed by atoms with van der Waals surface area (Å²) in [7, 11) is 5.93. The Morgan fingerprint density at radius 3 is 2.67 bits per heavy atom. The van der Waals surface area contributed by atoms with Gasteiger partial charge in [0.1, 0.15) is 0 Å². The molecule has 8 heteroatoms. The van der Waals surface area contributed by atoms with Crippen LogP contribution >= 0.6 is 35.6 Å². The van der Waals surface area contributed by atoms with Crippen LogP contribution < -0.4 is 10.6 Å². The highest BCUT2D eigenvalue weighted by Gasteiger charge is 2.16. The summed E-state index contributed by atoms with van der Waals surface area (Å²) in [6.45, 7) is 3.86. The van der Waals surface area contributed by atoms with E-state index in [0.29, 0.717) is 0 Å². The van der Waals surface area contributed by atoms with Crippen LogP contribution in [0.25, 0.3) is 0 Å². The van der Waals surface area contributed by atoms with Crippen molar-refractivity contribution in [1.82, 2.24) is 15.5 Å². The molecule has 2 N–H and O–H groups in total. The summed E-state index contributed by atoms with van der Waals surface area (Å²) in [5.41, 5.74) is 1.22. The molecule has 2 unspecified atom stereocenters. The molecule has 0 saturated carbocycles. The summed E-state index contributed by atoms with van der Waals surface area (Å²) in [6.07, 6.45) is 2.21. The molecule has 0 spiro atoms. The number of likely N-dealkylation sites (N-methyl/N-ethyl adjacent to an activating group) is 1.